The molecule has 0 saturated heterocycles. The van der Waals surface area contributed by atoms with Crippen molar-refractivity contribution in [3.8, 4) is 144 Å². The first-order valence-electron chi connectivity index (χ1n) is 39.5. The summed E-state index contributed by atoms with van der Waals surface area (Å²) in [5, 5.41) is 79.7. The summed E-state index contributed by atoms with van der Waals surface area (Å²) in [4.78, 5) is 19.2. The number of fused-ring (bicyclic) bond motifs is 28. The number of benzene rings is 4. The van der Waals surface area contributed by atoms with Gasteiger partial charge in [0.2, 0.25) is 23.5 Å². The molecular weight excluding hydrogens is 1620 g/mol. The molecule has 0 aliphatic carbocycles. The van der Waals surface area contributed by atoms with Gasteiger partial charge in [0.15, 0.2) is 52.1 Å². The first-order chi connectivity index (χ1) is 60.7. The summed E-state index contributed by atoms with van der Waals surface area (Å²) in [6, 6.07) is 43.5. The number of aromatic nitrogens is 21. The van der Waals surface area contributed by atoms with Crippen molar-refractivity contribution in [2.24, 2.45) is 28.2 Å². The third kappa shape index (κ3) is 14.6. The number of ether oxygens (including phenoxy) is 6. The van der Waals surface area contributed by atoms with Crippen LogP contribution in [-0.2, 0) is 34.7 Å². The van der Waals surface area contributed by atoms with Gasteiger partial charge in [0.1, 0.15) is 77.3 Å². The van der Waals surface area contributed by atoms with Crippen LogP contribution >= 0.6 is 11.6 Å². The second-order valence-electron chi connectivity index (χ2n) is 30.3. The minimum Gasteiger partial charge on any atom is -0.482 e. The Morgan fingerprint density at radius 2 is 0.833 bits per heavy atom. The van der Waals surface area contributed by atoms with Crippen LogP contribution in [0.3, 0.4) is 0 Å². The lowest BCUT2D eigenvalue weighted by molar-refractivity contribution is 0.227. The van der Waals surface area contributed by atoms with Crippen LogP contribution in [-0.4, -0.2) is 110 Å². The second kappa shape index (κ2) is 32.6. The molecule has 8 bridgehead atoms. The van der Waals surface area contributed by atoms with E-state index in [9.17, 15) is 21.0 Å². The summed E-state index contributed by atoms with van der Waals surface area (Å²) in [6.45, 7) is 16.1. The van der Waals surface area contributed by atoms with E-state index in [0.29, 0.717) is 131 Å². The van der Waals surface area contributed by atoms with Crippen molar-refractivity contribution in [1.82, 2.24) is 103 Å². The molecule has 16 aromatic rings. The fourth-order valence-corrected chi connectivity index (χ4v) is 16.0. The number of hydrogen-bond donors (Lipinski definition) is 4. The molecule has 628 valence electrons. The van der Waals surface area contributed by atoms with E-state index in [1.165, 1.54) is 9.36 Å². The molecular formula is C89H79ClN30O6. The zero-order valence-corrected chi connectivity index (χ0v) is 71.0. The fourth-order valence-electron chi connectivity index (χ4n) is 15.7. The van der Waals surface area contributed by atoms with Gasteiger partial charge in [-0.2, -0.15) is 46.5 Å². The van der Waals surface area contributed by atoms with Crippen molar-refractivity contribution in [1.29, 1.82) is 21.0 Å². The molecule has 0 unspecified atom stereocenters. The Morgan fingerprint density at radius 3 is 1.35 bits per heavy atom. The normalized spacial score (nSPS) is 14.7. The summed E-state index contributed by atoms with van der Waals surface area (Å²) in [7, 11) is 8.76. The fraction of sp³-hybridized carbons (Fsp3) is 0.202. The van der Waals surface area contributed by atoms with Crippen LogP contribution in [0.4, 0.5) is 34.9 Å². The number of nitrogens with two attached hydrogens (primary N) is 4. The maximum Gasteiger partial charge on any atom is 0.249 e. The number of hydrogen-bond acceptors (Lipinski definition) is 28. The SMILES string of the molecule is Cc1ccc2c(c1)[C@@H](C)Oc1cc(cnc1N)-c1c(nn(C)c1C#N)Cn1nncc1-2.Cc1ccc2c(c1)[C@@H](C)Oc1cc(cnc1N)-c1c(nn(C)c1C#N)N(C)c1ccnn1-2.Cc1ccc2c(c1)[C@@H](C)Oc1cc(cnc1N)-c1c(nn(C)c1C#N)Oc1ccnn1-2.Cc1ccc2c(c1Cl)[C@@H](C)Oc1cc(cnc1N)-c1c(nn(C)c1C#N)Oc1ccnn1-2. The molecule has 0 spiro atoms. The number of pyridine rings is 4. The van der Waals surface area contributed by atoms with Crippen molar-refractivity contribution < 1.29 is 28.4 Å². The van der Waals surface area contributed by atoms with Gasteiger partial charge in [0.25, 0.3) is 0 Å². The van der Waals surface area contributed by atoms with Crippen LogP contribution in [0.2, 0.25) is 5.02 Å². The van der Waals surface area contributed by atoms with Crippen LogP contribution in [0.1, 0.15) is 125 Å². The highest BCUT2D eigenvalue weighted by molar-refractivity contribution is 6.32. The first kappa shape index (κ1) is 81.5. The molecule has 0 amide bonds. The molecule has 4 aliphatic heterocycles. The highest BCUT2D eigenvalue weighted by atomic mass is 35.5. The minimum atomic E-state index is -0.489. The van der Waals surface area contributed by atoms with Gasteiger partial charge in [-0.1, -0.05) is 82.0 Å². The van der Waals surface area contributed by atoms with Gasteiger partial charge in [0, 0.05) is 134 Å². The molecule has 126 heavy (non-hydrogen) atoms. The maximum atomic E-state index is 9.85. The summed E-state index contributed by atoms with van der Waals surface area (Å²) >= 11 is 6.72. The van der Waals surface area contributed by atoms with E-state index in [1.807, 2.05) is 145 Å². The topological polar surface area (TPSA) is 465 Å². The van der Waals surface area contributed by atoms with Crippen LogP contribution in [0.25, 0.3) is 72.8 Å². The predicted octanol–water partition coefficient (Wildman–Crippen LogP) is 14.7. The zero-order chi connectivity index (χ0) is 88.5. The van der Waals surface area contributed by atoms with Crippen LogP contribution in [0.15, 0.2) is 159 Å². The monoisotopic (exact) mass is 1700 g/mol. The second-order valence-corrected chi connectivity index (χ2v) is 30.7. The van der Waals surface area contributed by atoms with Crippen molar-refractivity contribution in [3.05, 3.63) is 237 Å². The summed E-state index contributed by atoms with van der Waals surface area (Å²) in [5.41, 5.74) is 43.6. The molecule has 37 heteroatoms. The van der Waals surface area contributed by atoms with Crippen molar-refractivity contribution in [3.63, 3.8) is 0 Å². The van der Waals surface area contributed by atoms with Gasteiger partial charge in [-0.3, -0.25) is 18.7 Å². The number of aryl methyl sites for hydroxylation is 8. The highest BCUT2D eigenvalue weighted by Crippen LogP contribution is 2.47. The molecule has 0 fully saturated rings. The van der Waals surface area contributed by atoms with Crippen molar-refractivity contribution in [2.45, 2.75) is 86.4 Å². The first-order valence-corrected chi connectivity index (χ1v) is 39.9. The molecule has 12 aromatic heterocycles. The maximum absolute atomic E-state index is 9.85. The molecule has 0 radical (unpaired) electrons. The van der Waals surface area contributed by atoms with E-state index < -0.39 is 6.10 Å². The molecule has 4 atom stereocenters. The van der Waals surface area contributed by atoms with E-state index in [0.717, 1.165) is 73.0 Å². The third-order valence-corrected chi connectivity index (χ3v) is 22.4. The van der Waals surface area contributed by atoms with Gasteiger partial charge in [0.05, 0.1) is 81.5 Å². The van der Waals surface area contributed by atoms with Crippen LogP contribution in [0.5, 0.6) is 46.5 Å². The summed E-state index contributed by atoms with van der Waals surface area (Å²) < 4.78 is 50.5. The van der Waals surface area contributed by atoms with Crippen LogP contribution < -0.4 is 56.3 Å². The molecule has 36 nitrogen and oxygen atoms in total. The van der Waals surface area contributed by atoms with Crippen LogP contribution in [0, 0.1) is 73.0 Å². The Hall–Kier alpha value is -16.9. The predicted molar refractivity (Wildman–Crippen MR) is 466 cm³/mol. The van der Waals surface area contributed by atoms with Gasteiger partial charge in [-0.05, 0) is 103 Å². The number of rotatable bonds is 0. The van der Waals surface area contributed by atoms with E-state index in [4.69, 9.17) is 63.0 Å². The lowest BCUT2D eigenvalue weighted by atomic mass is 9.97. The summed E-state index contributed by atoms with van der Waals surface area (Å²) in [5.74, 6) is 5.50. The summed E-state index contributed by atoms with van der Waals surface area (Å²) in [6.07, 6.45) is 11.7. The average Bonchev–Trinajstić information content (AvgIpc) is 1.58. The number of nitrogens with zero attached hydrogens (tertiary/aromatic N) is 26. The van der Waals surface area contributed by atoms with Crippen molar-refractivity contribution >= 4 is 46.5 Å². The Morgan fingerprint density at radius 1 is 0.429 bits per heavy atom. The number of halogens is 1. The average molecular weight is 1700 g/mol. The van der Waals surface area contributed by atoms with Gasteiger partial charge in [-0.25, -0.2) is 38.7 Å². The quantitative estimate of drug-likeness (QED) is 0.110. The number of anilines is 6. The highest BCUT2D eigenvalue weighted by Gasteiger charge is 2.34. The van der Waals surface area contributed by atoms with E-state index in [1.54, 1.807) is 125 Å². The van der Waals surface area contributed by atoms with Gasteiger partial charge < -0.3 is 56.3 Å². The van der Waals surface area contributed by atoms with E-state index >= 15 is 0 Å². The Balaban J connectivity index is 0.000000119. The van der Waals surface area contributed by atoms with Crippen molar-refractivity contribution in [2.75, 3.05) is 34.9 Å². The molecule has 4 aromatic carbocycles. The number of nitriles is 4. The van der Waals surface area contributed by atoms with E-state index in [2.05, 4.69) is 102 Å². The zero-order valence-electron chi connectivity index (χ0n) is 70.3. The molecule has 20 rings (SSSR count). The Bertz CT molecular complexity index is 7020. The lowest BCUT2D eigenvalue weighted by Gasteiger charge is -2.25. The molecule has 8 N–H and O–H groups in total. The Labute approximate surface area is 725 Å². The van der Waals surface area contributed by atoms with E-state index in [-0.39, 0.29) is 53.3 Å². The molecule has 4 aliphatic rings. The standard InChI is InChI=1S/C23H22N8O.C22H18ClN7O2.C22H20N8O.C22H19N7O2/c1-13-5-6-17-16(9-13)14(2)32-19-10-15(12-26-22(19)25)21-18(11-24)30(4)28-23(21)29(3)20-7-8-27-31(17)20;1-11-4-5-14-18(20(11)23)12(2)31-16-8-13(10-26-21(16)25)19-15(9-24)29(3)28-22(19)32-17-6-7-27-30(14)17;1-12-4-5-15-16(6-12)13(2)31-20-7-14(9-25-22(20)24)21-17(27-29(3)18(21)8-23)11-30-19(15)10-26-28-30;1-12-4-5-16-15(8-12)13(2)30-18-9-14(11-25-21(18)24)20-17(10-23)28(3)27-22(20)31-19-6-7-26-29(16)19/h5-10,12,14H,1-4H3,(H2,25,26);4-8,10,12H,1-3H3,(H2,25,26);4-7,9-10,13H,11H2,1-3H3,(H2,24,25);4-9,11,13H,1-3H3,(H2,24,25)/t14-;12-;2*13-/m1111/s1. The number of nitrogen functional groups attached to an aromatic ring is 4. The Kier molecular flexibility index (Phi) is 21.1. The lowest BCUT2D eigenvalue weighted by Crippen LogP contribution is -2.18. The third-order valence-electron chi connectivity index (χ3n) is 21.9. The minimum absolute atomic E-state index is 0.215. The van der Waals surface area contributed by atoms with Gasteiger partial charge >= 0.3 is 0 Å². The molecule has 16 heterocycles. The largest absolute Gasteiger partial charge is 0.482 e. The smallest absolute Gasteiger partial charge is 0.249 e. The van der Waals surface area contributed by atoms with Gasteiger partial charge in [-0.15, -0.1) is 15.3 Å². The molecule has 0 saturated carbocycles.